The van der Waals surface area contributed by atoms with E-state index in [1.54, 1.807) is 24.2 Å². The quantitative estimate of drug-likeness (QED) is 0.532. The lowest BCUT2D eigenvalue weighted by molar-refractivity contribution is -0.127. The van der Waals surface area contributed by atoms with Gasteiger partial charge in [0.05, 0.1) is 17.6 Å². The zero-order valence-electron chi connectivity index (χ0n) is 16.8. The summed E-state index contributed by atoms with van der Waals surface area (Å²) in [5.74, 6) is -0.261. The van der Waals surface area contributed by atoms with Crippen molar-refractivity contribution in [3.8, 4) is 0 Å². The van der Waals surface area contributed by atoms with E-state index in [-0.39, 0.29) is 17.9 Å². The van der Waals surface area contributed by atoms with Crippen molar-refractivity contribution >= 4 is 15.9 Å². The van der Waals surface area contributed by atoms with Gasteiger partial charge < -0.3 is 14.8 Å². The number of rotatable bonds is 9. The standard InChI is InChI=1S/C18H31N5O5S/c1-27-17-4-3-14(18(24)19-7-2-9-23-10-8-20-22-23)13-16(17)21-29(25,26)15-5-11-28-12-6-15/h8,10,14-17,21H,2-7,9,11-13H2,1H3,(H,19,24)/t14-,16+,17+/m0/s1. The van der Waals surface area contributed by atoms with Crippen LogP contribution in [0.4, 0.5) is 0 Å². The summed E-state index contributed by atoms with van der Waals surface area (Å²) in [5.41, 5.74) is 0. The van der Waals surface area contributed by atoms with E-state index in [9.17, 15) is 13.2 Å². The third kappa shape index (κ3) is 6.21. The highest BCUT2D eigenvalue weighted by Crippen LogP contribution is 2.28. The number of nitrogens with zero attached hydrogens (tertiary/aromatic N) is 3. The second-order valence-electron chi connectivity index (χ2n) is 7.68. The summed E-state index contributed by atoms with van der Waals surface area (Å²) in [6.07, 6.45) is 6.69. The van der Waals surface area contributed by atoms with E-state index in [1.807, 2.05) is 0 Å². The Morgan fingerprint density at radius 1 is 1.28 bits per heavy atom. The Morgan fingerprint density at radius 3 is 2.76 bits per heavy atom. The Morgan fingerprint density at radius 2 is 2.07 bits per heavy atom. The van der Waals surface area contributed by atoms with Crippen molar-refractivity contribution in [1.82, 2.24) is 25.0 Å². The highest BCUT2D eigenvalue weighted by molar-refractivity contribution is 7.90. The van der Waals surface area contributed by atoms with Crippen LogP contribution in [-0.2, 0) is 30.8 Å². The molecule has 1 aromatic rings. The van der Waals surface area contributed by atoms with E-state index in [1.165, 1.54) is 0 Å². The maximum atomic E-state index is 12.8. The van der Waals surface area contributed by atoms with Crippen LogP contribution >= 0.6 is 0 Å². The van der Waals surface area contributed by atoms with E-state index >= 15 is 0 Å². The molecule has 0 unspecified atom stereocenters. The average Bonchev–Trinajstić information content (AvgIpc) is 3.25. The number of amides is 1. The first-order valence-corrected chi connectivity index (χ1v) is 11.8. The molecule has 29 heavy (non-hydrogen) atoms. The molecule has 1 amide bonds. The van der Waals surface area contributed by atoms with Crippen LogP contribution in [0.25, 0.3) is 0 Å². The molecule has 3 atom stereocenters. The summed E-state index contributed by atoms with van der Waals surface area (Å²) >= 11 is 0. The molecule has 3 rings (SSSR count). The third-order valence-corrected chi connectivity index (χ3v) is 7.70. The van der Waals surface area contributed by atoms with Crippen LogP contribution in [0.5, 0.6) is 0 Å². The molecule has 0 radical (unpaired) electrons. The zero-order valence-corrected chi connectivity index (χ0v) is 17.6. The fourth-order valence-corrected chi connectivity index (χ4v) is 5.70. The predicted octanol–water partition coefficient (Wildman–Crippen LogP) is 0.0665. The molecule has 11 heteroatoms. The largest absolute Gasteiger partial charge is 0.381 e. The van der Waals surface area contributed by atoms with Gasteiger partial charge in [0.1, 0.15) is 0 Å². The first-order chi connectivity index (χ1) is 14.0. The van der Waals surface area contributed by atoms with Crippen LogP contribution in [0.3, 0.4) is 0 Å². The lowest BCUT2D eigenvalue weighted by Crippen LogP contribution is -2.52. The Hall–Kier alpha value is -1.56. The van der Waals surface area contributed by atoms with Gasteiger partial charge in [0.2, 0.25) is 15.9 Å². The van der Waals surface area contributed by atoms with Gasteiger partial charge in [0.15, 0.2) is 0 Å². The monoisotopic (exact) mass is 429 g/mol. The highest BCUT2D eigenvalue weighted by Gasteiger charge is 2.38. The lowest BCUT2D eigenvalue weighted by atomic mass is 9.83. The molecule has 164 valence electrons. The molecular weight excluding hydrogens is 398 g/mol. The van der Waals surface area contributed by atoms with Gasteiger partial charge >= 0.3 is 0 Å². The van der Waals surface area contributed by atoms with Gasteiger partial charge in [-0.15, -0.1) is 5.10 Å². The fourth-order valence-electron chi connectivity index (χ4n) is 4.03. The van der Waals surface area contributed by atoms with Crippen LogP contribution in [0.2, 0.25) is 0 Å². The van der Waals surface area contributed by atoms with Gasteiger partial charge in [-0.1, -0.05) is 5.21 Å². The van der Waals surface area contributed by atoms with Crippen molar-refractivity contribution in [2.45, 2.75) is 62.5 Å². The Labute approximate surface area is 171 Å². The topological polar surface area (TPSA) is 124 Å². The number of aryl methyl sites for hydroxylation is 1. The molecule has 0 bridgehead atoms. The summed E-state index contributed by atoms with van der Waals surface area (Å²) in [7, 11) is -1.89. The molecule has 2 N–H and O–H groups in total. The normalized spacial score (nSPS) is 26.3. The summed E-state index contributed by atoms with van der Waals surface area (Å²) in [4.78, 5) is 12.6. The van der Waals surface area contributed by atoms with Gasteiger partial charge in [-0.25, -0.2) is 13.1 Å². The number of sulfonamides is 1. The molecule has 1 aromatic heterocycles. The molecule has 1 saturated heterocycles. The van der Waals surface area contributed by atoms with Crippen LogP contribution < -0.4 is 10.0 Å². The molecule has 1 aliphatic heterocycles. The van der Waals surface area contributed by atoms with Gasteiger partial charge in [-0.3, -0.25) is 9.48 Å². The predicted molar refractivity (Wildman–Crippen MR) is 105 cm³/mol. The SMILES string of the molecule is CO[C@@H]1CC[C@H](C(=O)NCCCn2ccnn2)C[C@H]1NS(=O)(=O)C1CCOCC1. The van der Waals surface area contributed by atoms with Crippen molar-refractivity contribution in [3.05, 3.63) is 12.4 Å². The molecule has 1 aliphatic carbocycles. The van der Waals surface area contributed by atoms with Crippen LogP contribution in [-0.4, -0.2) is 73.6 Å². The Bertz CT molecular complexity index is 736. The Kier molecular flexibility index (Phi) is 7.99. The highest BCUT2D eigenvalue weighted by atomic mass is 32.2. The smallest absolute Gasteiger partial charge is 0.223 e. The summed E-state index contributed by atoms with van der Waals surface area (Å²) < 4.78 is 40.9. The Balaban J connectivity index is 1.50. The van der Waals surface area contributed by atoms with E-state index < -0.39 is 21.3 Å². The van der Waals surface area contributed by atoms with Crippen molar-refractivity contribution < 1.29 is 22.7 Å². The number of carbonyl (C=O) groups excluding carboxylic acids is 1. The molecule has 0 aromatic carbocycles. The second kappa shape index (κ2) is 10.5. The molecule has 1 saturated carbocycles. The second-order valence-corrected chi connectivity index (χ2v) is 9.67. The van der Waals surface area contributed by atoms with Gasteiger partial charge in [-0.05, 0) is 38.5 Å². The number of ether oxygens (including phenoxy) is 2. The van der Waals surface area contributed by atoms with Crippen molar-refractivity contribution in [2.24, 2.45) is 5.92 Å². The third-order valence-electron chi connectivity index (χ3n) is 5.72. The number of hydrogen-bond acceptors (Lipinski definition) is 7. The number of methoxy groups -OCH3 is 1. The number of hydrogen-bond donors (Lipinski definition) is 2. The van der Waals surface area contributed by atoms with Crippen LogP contribution in [0.15, 0.2) is 12.4 Å². The average molecular weight is 430 g/mol. The van der Waals surface area contributed by atoms with Gasteiger partial charge in [0.25, 0.3) is 0 Å². The van der Waals surface area contributed by atoms with Gasteiger partial charge in [0, 0.05) is 51.6 Å². The molecule has 2 fully saturated rings. The van der Waals surface area contributed by atoms with E-state index in [0.717, 1.165) is 6.42 Å². The number of nitrogens with one attached hydrogen (secondary N) is 2. The van der Waals surface area contributed by atoms with Gasteiger partial charge in [-0.2, -0.15) is 0 Å². The molecular formula is C18H31N5O5S. The van der Waals surface area contributed by atoms with E-state index in [2.05, 4.69) is 20.4 Å². The first kappa shape index (κ1) is 22.1. The van der Waals surface area contributed by atoms with E-state index in [4.69, 9.17) is 9.47 Å². The van der Waals surface area contributed by atoms with Crippen LogP contribution in [0.1, 0.15) is 38.5 Å². The number of aromatic nitrogens is 3. The van der Waals surface area contributed by atoms with Crippen LogP contribution in [0, 0.1) is 5.92 Å². The minimum absolute atomic E-state index is 0.0339. The maximum Gasteiger partial charge on any atom is 0.223 e. The first-order valence-electron chi connectivity index (χ1n) is 10.2. The van der Waals surface area contributed by atoms with Crippen molar-refractivity contribution in [2.75, 3.05) is 26.9 Å². The van der Waals surface area contributed by atoms with Crippen molar-refractivity contribution in [1.29, 1.82) is 0 Å². The molecule has 10 nitrogen and oxygen atoms in total. The van der Waals surface area contributed by atoms with E-state index in [0.29, 0.717) is 58.4 Å². The molecule has 2 aliphatic rings. The minimum atomic E-state index is -3.48. The molecule has 2 heterocycles. The number of carbonyl (C=O) groups is 1. The van der Waals surface area contributed by atoms with Crippen molar-refractivity contribution in [3.63, 3.8) is 0 Å². The summed E-state index contributed by atoms with van der Waals surface area (Å²) in [6, 6.07) is -0.396. The maximum absolute atomic E-state index is 12.8. The minimum Gasteiger partial charge on any atom is -0.381 e. The zero-order chi connectivity index (χ0) is 20.7. The summed E-state index contributed by atoms with van der Waals surface area (Å²) in [5, 5.41) is 10.2. The lowest BCUT2D eigenvalue weighted by Gasteiger charge is -2.36. The molecule has 0 spiro atoms. The summed E-state index contributed by atoms with van der Waals surface area (Å²) in [6.45, 7) is 2.15. The fraction of sp³-hybridized carbons (Fsp3) is 0.833.